The molecule has 0 atom stereocenters. The van der Waals surface area contributed by atoms with E-state index in [1.54, 1.807) is 37.3 Å². The highest BCUT2D eigenvalue weighted by molar-refractivity contribution is 6.03. The number of ketones is 1. The molecule has 2 N–H and O–H groups in total. The number of nitrogens with zero attached hydrogens (tertiary/aromatic N) is 2. The van der Waals surface area contributed by atoms with E-state index in [4.69, 9.17) is 0 Å². The summed E-state index contributed by atoms with van der Waals surface area (Å²) in [5.41, 5.74) is 4.23. The van der Waals surface area contributed by atoms with Crippen LogP contribution in [0, 0.1) is 6.92 Å². The molecule has 0 saturated carbocycles. The first-order chi connectivity index (χ1) is 13.8. The van der Waals surface area contributed by atoms with Gasteiger partial charge in [0.15, 0.2) is 5.78 Å². The third kappa shape index (κ3) is 5.25. The monoisotopic (exact) mass is 388 g/mol. The van der Waals surface area contributed by atoms with Gasteiger partial charge in [0, 0.05) is 22.6 Å². The number of benzene rings is 2. The van der Waals surface area contributed by atoms with E-state index < -0.39 is 0 Å². The first-order valence-corrected chi connectivity index (χ1v) is 9.47. The summed E-state index contributed by atoms with van der Waals surface area (Å²) in [6, 6.07) is 16.4. The number of hydrogen-bond acceptors (Lipinski definition) is 5. The first kappa shape index (κ1) is 20.2. The zero-order valence-electron chi connectivity index (χ0n) is 17.0. The lowest BCUT2D eigenvalue weighted by molar-refractivity contribution is 0.101. The number of aryl methyl sites for hydroxylation is 1. The third-order valence-electron chi connectivity index (χ3n) is 4.47. The average Bonchev–Trinajstić information content (AvgIpc) is 2.68. The van der Waals surface area contributed by atoms with Crippen molar-refractivity contribution < 1.29 is 9.59 Å². The average molecular weight is 388 g/mol. The van der Waals surface area contributed by atoms with Crippen LogP contribution in [-0.4, -0.2) is 21.7 Å². The van der Waals surface area contributed by atoms with Crippen LogP contribution in [0.5, 0.6) is 0 Å². The minimum atomic E-state index is -0.303. The second kappa shape index (κ2) is 8.65. The summed E-state index contributed by atoms with van der Waals surface area (Å²) in [7, 11) is 0. The lowest BCUT2D eigenvalue weighted by Crippen LogP contribution is -2.15. The van der Waals surface area contributed by atoms with Gasteiger partial charge < -0.3 is 10.6 Å². The predicted octanol–water partition coefficient (Wildman–Crippen LogP) is 5.11. The van der Waals surface area contributed by atoms with Crippen LogP contribution >= 0.6 is 0 Å². The van der Waals surface area contributed by atoms with Gasteiger partial charge in [0.25, 0.3) is 5.91 Å². The Bertz CT molecular complexity index is 1030. The molecule has 29 heavy (non-hydrogen) atoms. The molecule has 0 radical (unpaired) electrons. The third-order valence-corrected chi connectivity index (χ3v) is 4.47. The molecule has 148 valence electrons. The maximum absolute atomic E-state index is 12.6. The van der Waals surface area contributed by atoms with E-state index in [2.05, 4.69) is 34.4 Å². The molecular weight excluding hydrogens is 364 g/mol. The maximum atomic E-state index is 12.6. The van der Waals surface area contributed by atoms with Crippen LogP contribution in [0.1, 0.15) is 58.8 Å². The minimum Gasteiger partial charge on any atom is -0.324 e. The summed E-state index contributed by atoms with van der Waals surface area (Å²) in [6.45, 7) is 7.58. The van der Waals surface area contributed by atoms with Gasteiger partial charge >= 0.3 is 0 Å². The highest BCUT2D eigenvalue weighted by atomic mass is 16.2. The number of anilines is 3. The van der Waals surface area contributed by atoms with E-state index in [0.717, 1.165) is 5.69 Å². The number of carbonyl (C=O) groups excluding carboxylic acids is 2. The van der Waals surface area contributed by atoms with Gasteiger partial charge in [-0.2, -0.15) is 0 Å². The second-order valence-electron chi connectivity index (χ2n) is 7.21. The fraction of sp³-hybridized carbons (Fsp3) is 0.217. The van der Waals surface area contributed by atoms with Crippen LogP contribution in [0.4, 0.5) is 17.3 Å². The van der Waals surface area contributed by atoms with Gasteiger partial charge in [0.1, 0.15) is 5.69 Å². The zero-order chi connectivity index (χ0) is 21.0. The number of nitrogens with one attached hydrogen (secondary N) is 2. The van der Waals surface area contributed by atoms with Crippen molar-refractivity contribution >= 4 is 29.0 Å². The highest BCUT2D eigenvalue weighted by Crippen LogP contribution is 2.19. The molecule has 1 aromatic heterocycles. The molecule has 6 nitrogen and oxygen atoms in total. The SMILES string of the molecule is CC(=O)c1ccc(Nc2nc(C)cc(C(=O)Nc3ccc(C(C)C)cc3)n2)cc1. The Balaban J connectivity index is 1.75. The molecule has 2 aromatic carbocycles. The normalized spacial score (nSPS) is 10.7. The largest absolute Gasteiger partial charge is 0.324 e. The maximum Gasteiger partial charge on any atom is 0.274 e. The van der Waals surface area contributed by atoms with E-state index in [-0.39, 0.29) is 17.4 Å². The summed E-state index contributed by atoms with van der Waals surface area (Å²) in [6.07, 6.45) is 0. The number of carbonyl (C=O) groups is 2. The molecule has 0 aliphatic heterocycles. The van der Waals surface area contributed by atoms with Gasteiger partial charge in [-0.1, -0.05) is 26.0 Å². The Morgan fingerprint density at radius 3 is 2.10 bits per heavy atom. The molecule has 6 heteroatoms. The van der Waals surface area contributed by atoms with Crippen LogP contribution in [0.25, 0.3) is 0 Å². The van der Waals surface area contributed by atoms with Gasteiger partial charge in [-0.25, -0.2) is 9.97 Å². The number of amides is 1. The fourth-order valence-corrected chi connectivity index (χ4v) is 2.80. The van der Waals surface area contributed by atoms with Crippen molar-refractivity contribution in [1.82, 2.24) is 9.97 Å². The predicted molar refractivity (Wildman–Crippen MR) is 115 cm³/mol. The van der Waals surface area contributed by atoms with Gasteiger partial charge in [-0.05, 0) is 67.8 Å². The summed E-state index contributed by atoms with van der Waals surface area (Å²) in [5, 5.41) is 5.94. The van der Waals surface area contributed by atoms with Crippen molar-refractivity contribution in [3.8, 4) is 0 Å². The Hall–Kier alpha value is -3.54. The van der Waals surface area contributed by atoms with Crippen LogP contribution in [-0.2, 0) is 0 Å². The quantitative estimate of drug-likeness (QED) is 0.574. The molecular formula is C23H24N4O2. The van der Waals surface area contributed by atoms with E-state index in [0.29, 0.717) is 28.8 Å². The van der Waals surface area contributed by atoms with Crippen LogP contribution in [0.2, 0.25) is 0 Å². The molecule has 0 fully saturated rings. The summed E-state index contributed by atoms with van der Waals surface area (Å²) >= 11 is 0. The standard InChI is InChI=1S/C23H24N4O2/c1-14(2)17-5-9-19(10-6-17)25-22(29)21-13-15(3)24-23(27-21)26-20-11-7-18(8-12-20)16(4)28/h5-14H,1-4H3,(H,25,29)(H,24,26,27). The lowest BCUT2D eigenvalue weighted by Gasteiger charge is -2.10. The van der Waals surface area contributed by atoms with Crippen LogP contribution in [0.15, 0.2) is 54.6 Å². The summed E-state index contributed by atoms with van der Waals surface area (Å²) < 4.78 is 0. The van der Waals surface area contributed by atoms with Crippen molar-refractivity contribution in [2.24, 2.45) is 0 Å². The van der Waals surface area contributed by atoms with Gasteiger partial charge in [0.05, 0.1) is 0 Å². The number of Topliss-reactive ketones (excluding diaryl/α,β-unsaturated/α-hetero) is 1. The molecule has 0 unspecified atom stereocenters. The number of aromatic nitrogens is 2. The Morgan fingerprint density at radius 1 is 0.897 bits per heavy atom. The van der Waals surface area contributed by atoms with Crippen LogP contribution in [0.3, 0.4) is 0 Å². The number of rotatable bonds is 6. The molecule has 3 rings (SSSR count). The molecule has 1 amide bonds. The Labute approximate surface area is 170 Å². The van der Waals surface area contributed by atoms with E-state index in [1.807, 2.05) is 24.3 Å². The van der Waals surface area contributed by atoms with E-state index in [9.17, 15) is 9.59 Å². The molecule has 0 saturated heterocycles. The van der Waals surface area contributed by atoms with Gasteiger partial charge in [0.2, 0.25) is 5.95 Å². The van der Waals surface area contributed by atoms with Crippen molar-refractivity contribution in [3.05, 3.63) is 77.1 Å². The lowest BCUT2D eigenvalue weighted by atomic mass is 10.0. The Kier molecular flexibility index (Phi) is 6.02. The van der Waals surface area contributed by atoms with Gasteiger partial charge in [-0.3, -0.25) is 9.59 Å². The minimum absolute atomic E-state index is 0.00346. The van der Waals surface area contributed by atoms with Crippen molar-refractivity contribution in [1.29, 1.82) is 0 Å². The fourth-order valence-electron chi connectivity index (χ4n) is 2.80. The first-order valence-electron chi connectivity index (χ1n) is 9.47. The topological polar surface area (TPSA) is 84.0 Å². The molecule has 0 aliphatic carbocycles. The molecule has 0 spiro atoms. The summed E-state index contributed by atoms with van der Waals surface area (Å²) in [4.78, 5) is 32.7. The molecule has 3 aromatic rings. The highest BCUT2D eigenvalue weighted by Gasteiger charge is 2.12. The van der Waals surface area contributed by atoms with Crippen LogP contribution < -0.4 is 10.6 Å². The molecule has 1 heterocycles. The Morgan fingerprint density at radius 2 is 1.52 bits per heavy atom. The second-order valence-corrected chi connectivity index (χ2v) is 7.21. The van der Waals surface area contributed by atoms with E-state index in [1.165, 1.54) is 12.5 Å². The number of hydrogen-bond donors (Lipinski definition) is 2. The smallest absolute Gasteiger partial charge is 0.274 e. The van der Waals surface area contributed by atoms with E-state index >= 15 is 0 Å². The van der Waals surface area contributed by atoms with Crippen molar-refractivity contribution in [2.75, 3.05) is 10.6 Å². The van der Waals surface area contributed by atoms with Gasteiger partial charge in [-0.15, -0.1) is 0 Å². The molecule has 0 bridgehead atoms. The van der Waals surface area contributed by atoms with Crippen molar-refractivity contribution in [2.45, 2.75) is 33.6 Å². The van der Waals surface area contributed by atoms with Crippen molar-refractivity contribution in [3.63, 3.8) is 0 Å². The zero-order valence-corrected chi connectivity index (χ0v) is 17.0. The summed E-state index contributed by atoms with van der Waals surface area (Å²) in [5.74, 6) is 0.454. The molecule has 0 aliphatic rings.